The van der Waals surface area contributed by atoms with E-state index in [1.807, 2.05) is 52.0 Å². The van der Waals surface area contributed by atoms with E-state index < -0.39 is 5.60 Å². The van der Waals surface area contributed by atoms with Crippen LogP contribution >= 0.6 is 0 Å². The van der Waals surface area contributed by atoms with Crippen molar-refractivity contribution in [1.82, 2.24) is 15.5 Å². The summed E-state index contributed by atoms with van der Waals surface area (Å²) in [4.78, 5) is 18.1. The Hall–Kier alpha value is -2.44. The van der Waals surface area contributed by atoms with E-state index in [9.17, 15) is 4.79 Å². The second kappa shape index (κ2) is 11.3. The van der Waals surface area contributed by atoms with E-state index in [-0.39, 0.29) is 6.09 Å². The molecule has 1 amide bonds. The number of carbonyl (C=O) groups is 1. The van der Waals surface area contributed by atoms with Crippen molar-refractivity contribution in [2.75, 3.05) is 40.3 Å². The molecule has 7 nitrogen and oxygen atoms in total. The van der Waals surface area contributed by atoms with Gasteiger partial charge in [0.05, 0.1) is 7.11 Å². The van der Waals surface area contributed by atoms with E-state index in [1.54, 1.807) is 19.1 Å². The molecule has 0 bridgehead atoms. The van der Waals surface area contributed by atoms with Crippen LogP contribution in [0.15, 0.2) is 29.3 Å². The number of ether oxygens (including phenoxy) is 2. The Morgan fingerprint density at radius 2 is 1.93 bits per heavy atom. The average molecular weight is 379 g/mol. The zero-order valence-corrected chi connectivity index (χ0v) is 17.5. The predicted molar refractivity (Wildman–Crippen MR) is 110 cm³/mol. The molecule has 0 saturated heterocycles. The molecule has 0 saturated carbocycles. The van der Waals surface area contributed by atoms with Crippen molar-refractivity contribution < 1.29 is 14.3 Å². The van der Waals surface area contributed by atoms with E-state index in [2.05, 4.69) is 15.6 Å². The third kappa shape index (κ3) is 9.17. The van der Waals surface area contributed by atoms with Crippen LogP contribution < -0.4 is 15.4 Å². The number of nitrogens with one attached hydrogen (secondary N) is 2. The molecule has 0 aromatic heterocycles. The number of hydrogen-bond acceptors (Lipinski definition) is 4. The van der Waals surface area contributed by atoms with Crippen molar-refractivity contribution in [3.05, 3.63) is 29.8 Å². The molecule has 1 rings (SSSR count). The lowest BCUT2D eigenvalue weighted by atomic mass is 10.1. The molecule has 7 heteroatoms. The van der Waals surface area contributed by atoms with Crippen molar-refractivity contribution >= 4 is 12.1 Å². The summed E-state index contributed by atoms with van der Waals surface area (Å²) < 4.78 is 10.7. The maximum Gasteiger partial charge on any atom is 0.410 e. The average Bonchev–Trinajstić information content (AvgIpc) is 2.60. The quantitative estimate of drug-likeness (QED) is 0.537. The summed E-state index contributed by atoms with van der Waals surface area (Å²) in [5.41, 5.74) is 0.637. The normalized spacial score (nSPS) is 11.7. The summed E-state index contributed by atoms with van der Waals surface area (Å²) in [6, 6.07) is 7.95. The van der Waals surface area contributed by atoms with Crippen molar-refractivity contribution in [3.63, 3.8) is 0 Å². The predicted octanol–water partition coefficient (Wildman–Crippen LogP) is 2.66. The fraction of sp³-hybridized carbons (Fsp3) is 0.600. The fourth-order valence-electron chi connectivity index (χ4n) is 2.31. The van der Waals surface area contributed by atoms with Gasteiger partial charge in [-0.25, -0.2) is 4.79 Å². The molecule has 1 aromatic rings. The second-order valence-corrected chi connectivity index (χ2v) is 7.15. The molecule has 0 spiro atoms. The van der Waals surface area contributed by atoms with Gasteiger partial charge in [0.1, 0.15) is 11.4 Å². The molecule has 152 valence electrons. The van der Waals surface area contributed by atoms with Gasteiger partial charge >= 0.3 is 6.09 Å². The topological polar surface area (TPSA) is 75.2 Å². The standard InChI is InChI=1S/C20H34N4O3/c1-7-21-18(22-13-12-16-10-8-9-11-17(16)26-6)23-14-15-24(5)19(25)27-20(2,3)4/h8-11H,7,12-15H2,1-6H3,(H2,21,22,23). The number of carbonyl (C=O) groups excluding carboxylic acids is 1. The second-order valence-electron chi connectivity index (χ2n) is 7.15. The Morgan fingerprint density at radius 3 is 2.56 bits per heavy atom. The smallest absolute Gasteiger partial charge is 0.410 e. The first-order chi connectivity index (χ1) is 12.8. The first-order valence-corrected chi connectivity index (χ1v) is 9.35. The minimum atomic E-state index is -0.492. The first kappa shape index (κ1) is 22.6. The molecule has 0 aliphatic rings. The SMILES string of the molecule is CCNC(=NCCc1ccccc1OC)NCCN(C)C(=O)OC(C)(C)C. The summed E-state index contributed by atoms with van der Waals surface area (Å²) in [5, 5.41) is 6.45. The number of benzene rings is 1. The maximum atomic E-state index is 12.0. The molecule has 0 fully saturated rings. The minimum absolute atomic E-state index is 0.331. The monoisotopic (exact) mass is 378 g/mol. The van der Waals surface area contributed by atoms with Gasteiger partial charge in [-0.05, 0) is 45.7 Å². The molecule has 0 atom stereocenters. The molecule has 0 aliphatic heterocycles. The summed E-state index contributed by atoms with van der Waals surface area (Å²) in [7, 11) is 3.40. The lowest BCUT2D eigenvalue weighted by molar-refractivity contribution is 0.0302. The molecule has 0 aliphatic carbocycles. The number of likely N-dealkylation sites (N-methyl/N-ethyl adjacent to an activating group) is 1. The lowest BCUT2D eigenvalue weighted by Gasteiger charge is -2.24. The number of guanidine groups is 1. The Balaban J connectivity index is 2.48. The van der Waals surface area contributed by atoms with E-state index in [4.69, 9.17) is 9.47 Å². The van der Waals surface area contributed by atoms with E-state index in [0.717, 1.165) is 30.2 Å². The van der Waals surface area contributed by atoms with Gasteiger partial charge in [-0.1, -0.05) is 18.2 Å². The van der Waals surface area contributed by atoms with Gasteiger partial charge in [-0.3, -0.25) is 4.99 Å². The number of para-hydroxylation sites is 1. The molecular formula is C20H34N4O3. The Kier molecular flexibility index (Phi) is 9.47. The van der Waals surface area contributed by atoms with Crippen molar-refractivity contribution in [3.8, 4) is 5.75 Å². The van der Waals surface area contributed by atoms with Crippen LogP contribution in [0.4, 0.5) is 4.79 Å². The zero-order chi connectivity index (χ0) is 20.3. The Labute approximate surface area is 163 Å². The highest BCUT2D eigenvalue weighted by molar-refractivity contribution is 5.79. The third-order valence-corrected chi connectivity index (χ3v) is 3.63. The van der Waals surface area contributed by atoms with Gasteiger partial charge in [0.25, 0.3) is 0 Å². The number of nitrogens with zero attached hydrogens (tertiary/aromatic N) is 2. The summed E-state index contributed by atoms with van der Waals surface area (Å²) in [6.45, 7) is 10.1. The zero-order valence-electron chi connectivity index (χ0n) is 17.5. The Bertz CT molecular complexity index is 611. The van der Waals surface area contributed by atoms with Crippen LogP contribution in [-0.4, -0.2) is 62.9 Å². The van der Waals surface area contributed by atoms with Crippen LogP contribution in [0.2, 0.25) is 0 Å². The first-order valence-electron chi connectivity index (χ1n) is 9.35. The Morgan fingerprint density at radius 1 is 1.22 bits per heavy atom. The molecular weight excluding hydrogens is 344 g/mol. The molecule has 2 N–H and O–H groups in total. The van der Waals surface area contributed by atoms with Crippen LogP contribution in [0, 0.1) is 0 Å². The van der Waals surface area contributed by atoms with Gasteiger partial charge in [-0.15, -0.1) is 0 Å². The highest BCUT2D eigenvalue weighted by Crippen LogP contribution is 2.17. The van der Waals surface area contributed by atoms with Gasteiger partial charge in [-0.2, -0.15) is 0 Å². The molecule has 1 aromatic carbocycles. The fourth-order valence-corrected chi connectivity index (χ4v) is 2.31. The van der Waals surface area contributed by atoms with Crippen LogP contribution in [0.25, 0.3) is 0 Å². The highest BCUT2D eigenvalue weighted by Gasteiger charge is 2.19. The largest absolute Gasteiger partial charge is 0.496 e. The highest BCUT2D eigenvalue weighted by atomic mass is 16.6. The number of aliphatic imine (C=N–C) groups is 1. The van der Waals surface area contributed by atoms with Gasteiger partial charge in [0.15, 0.2) is 5.96 Å². The van der Waals surface area contributed by atoms with Crippen molar-refractivity contribution in [2.24, 2.45) is 4.99 Å². The molecule has 27 heavy (non-hydrogen) atoms. The van der Waals surface area contributed by atoms with Gasteiger partial charge in [0, 0.05) is 33.2 Å². The number of hydrogen-bond donors (Lipinski definition) is 2. The summed E-state index contributed by atoms with van der Waals surface area (Å²) in [6.07, 6.45) is 0.459. The molecule has 0 heterocycles. The number of rotatable bonds is 8. The summed E-state index contributed by atoms with van der Waals surface area (Å²) >= 11 is 0. The van der Waals surface area contributed by atoms with Crippen molar-refractivity contribution in [1.29, 1.82) is 0 Å². The van der Waals surface area contributed by atoms with E-state index in [0.29, 0.717) is 19.6 Å². The lowest BCUT2D eigenvalue weighted by Crippen LogP contribution is -2.43. The summed E-state index contributed by atoms with van der Waals surface area (Å²) in [5.74, 6) is 1.61. The van der Waals surface area contributed by atoms with E-state index >= 15 is 0 Å². The molecule has 0 radical (unpaired) electrons. The van der Waals surface area contributed by atoms with E-state index in [1.165, 1.54) is 0 Å². The minimum Gasteiger partial charge on any atom is -0.496 e. The number of methoxy groups -OCH3 is 1. The van der Waals surface area contributed by atoms with Crippen molar-refractivity contribution in [2.45, 2.75) is 39.7 Å². The maximum absolute atomic E-state index is 12.0. The van der Waals surface area contributed by atoms with Crippen LogP contribution in [0.3, 0.4) is 0 Å². The third-order valence-electron chi connectivity index (χ3n) is 3.63. The van der Waals surface area contributed by atoms with Crippen LogP contribution in [-0.2, 0) is 11.2 Å². The molecule has 0 unspecified atom stereocenters. The van der Waals surface area contributed by atoms with Gasteiger partial charge < -0.3 is 25.0 Å². The van der Waals surface area contributed by atoms with Crippen LogP contribution in [0.1, 0.15) is 33.3 Å². The number of amides is 1. The van der Waals surface area contributed by atoms with Gasteiger partial charge in [0.2, 0.25) is 0 Å². The van der Waals surface area contributed by atoms with Crippen LogP contribution in [0.5, 0.6) is 5.75 Å².